The van der Waals surface area contributed by atoms with Crippen molar-refractivity contribution < 1.29 is 4.79 Å². The Bertz CT molecular complexity index is 511. The highest BCUT2D eigenvalue weighted by Gasteiger charge is 2.08. The molecule has 0 fully saturated rings. The van der Waals surface area contributed by atoms with Crippen LogP contribution in [0.25, 0.3) is 0 Å². The van der Waals surface area contributed by atoms with Gasteiger partial charge in [0.2, 0.25) is 0 Å². The van der Waals surface area contributed by atoms with Crippen LogP contribution in [0.3, 0.4) is 0 Å². The SMILES string of the molecule is CCCCNc1ccnc(C(=O)NCCC2=CCCCC2)c1. The van der Waals surface area contributed by atoms with Crippen molar-refractivity contribution in [2.24, 2.45) is 0 Å². The van der Waals surface area contributed by atoms with Gasteiger partial charge in [0.15, 0.2) is 0 Å². The van der Waals surface area contributed by atoms with Crippen molar-refractivity contribution >= 4 is 11.6 Å². The first-order valence-electron chi connectivity index (χ1n) is 8.45. The molecule has 1 amide bonds. The molecule has 0 radical (unpaired) electrons. The molecule has 0 unspecified atom stereocenters. The fourth-order valence-corrected chi connectivity index (χ4v) is 2.63. The van der Waals surface area contributed by atoms with Gasteiger partial charge in [0, 0.05) is 25.0 Å². The molecular weight excluding hydrogens is 274 g/mol. The molecule has 1 heterocycles. The van der Waals surface area contributed by atoms with Crippen LogP contribution in [0.5, 0.6) is 0 Å². The average Bonchev–Trinajstić information content (AvgIpc) is 2.56. The van der Waals surface area contributed by atoms with Crippen molar-refractivity contribution in [3.8, 4) is 0 Å². The number of hydrogen-bond donors (Lipinski definition) is 2. The molecule has 4 heteroatoms. The average molecular weight is 301 g/mol. The van der Waals surface area contributed by atoms with Gasteiger partial charge in [-0.15, -0.1) is 0 Å². The van der Waals surface area contributed by atoms with Crippen LogP contribution in [0.2, 0.25) is 0 Å². The summed E-state index contributed by atoms with van der Waals surface area (Å²) >= 11 is 0. The summed E-state index contributed by atoms with van der Waals surface area (Å²) in [6.07, 6.45) is 12.2. The number of anilines is 1. The molecule has 0 spiro atoms. The summed E-state index contributed by atoms with van der Waals surface area (Å²) in [6.45, 7) is 3.78. The standard InChI is InChI=1S/C18H27N3O/c1-2-3-11-19-16-10-13-20-17(14-16)18(22)21-12-9-15-7-5-4-6-8-15/h7,10,13-14H,2-6,8-9,11-12H2,1H3,(H,19,20)(H,21,22). The lowest BCUT2D eigenvalue weighted by molar-refractivity contribution is 0.0949. The van der Waals surface area contributed by atoms with Crippen molar-refractivity contribution in [1.29, 1.82) is 0 Å². The van der Waals surface area contributed by atoms with Crippen LogP contribution >= 0.6 is 0 Å². The number of nitrogens with one attached hydrogen (secondary N) is 2. The largest absolute Gasteiger partial charge is 0.385 e. The topological polar surface area (TPSA) is 54.0 Å². The van der Waals surface area contributed by atoms with Crippen LogP contribution in [0.1, 0.15) is 62.4 Å². The minimum absolute atomic E-state index is 0.0875. The summed E-state index contributed by atoms with van der Waals surface area (Å²) in [5.74, 6) is -0.0875. The number of carbonyl (C=O) groups is 1. The highest BCUT2D eigenvalue weighted by Crippen LogP contribution is 2.19. The molecule has 0 bridgehead atoms. The van der Waals surface area contributed by atoms with E-state index in [1.807, 2.05) is 12.1 Å². The lowest BCUT2D eigenvalue weighted by atomic mass is 9.97. The van der Waals surface area contributed by atoms with Gasteiger partial charge in [-0.1, -0.05) is 25.0 Å². The van der Waals surface area contributed by atoms with Crippen LogP contribution in [0, 0.1) is 0 Å². The van der Waals surface area contributed by atoms with Crippen LogP contribution < -0.4 is 10.6 Å². The van der Waals surface area contributed by atoms with Gasteiger partial charge in [-0.3, -0.25) is 9.78 Å². The van der Waals surface area contributed by atoms with Crippen molar-refractivity contribution in [1.82, 2.24) is 10.3 Å². The van der Waals surface area contributed by atoms with Crippen LogP contribution in [0.15, 0.2) is 30.0 Å². The first-order valence-corrected chi connectivity index (χ1v) is 8.45. The maximum absolute atomic E-state index is 12.1. The van der Waals surface area contributed by atoms with E-state index in [9.17, 15) is 4.79 Å². The Morgan fingerprint density at radius 1 is 1.32 bits per heavy atom. The Balaban J connectivity index is 1.78. The van der Waals surface area contributed by atoms with Gasteiger partial charge in [0.25, 0.3) is 5.91 Å². The molecule has 1 aromatic rings. The van der Waals surface area contributed by atoms with Gasteiger partial charge in [-0.05, 0) is 50.7 Å². The van der Waals surface area contributed by atoms with E-state index in [1.165, 1.54) is 31.3 Å². The highest BCUT2D eigenvalue weighted by atomic mass is 16.1. The molecule has 4 nitrogen and oxygen atoms in total. The van der Waals surface area contributed by atoms with E-state index in [0.29, 0.717) is 12.2 Å². The number of nitrogens with zero attached hydrogens (tertiary/aromatic N) is 1. The molecule has 2 rings (SSSR count). The van der Waals surface area contributed by atoms with Gasteiger partial charge >= 0.3 is 0 Å². The Kier molecular flexibility index (Phi) is 6.94. The number of rotatable bonds is 8. The zero-order valence-corrected chi connectivity index (χ0v) is 13.5. The van der Waals surface area contributed by atoms with Crippen molar-refractivity contribution in [3.05, 3.63) is 35.7 Å². The van der Waals surface area contributed by atoms with Gasteiger partial charge in [-0.2, -0.15) is 0 Å². The Hall–Kier alpha value is -1.84. The van der Waals surface area contributed by atoms with E-state index in [1.54, 1.807) is 6.20 Å². The molecule has 2 N–H and O–H groups in total. The Morgan fingerprint density at radius 2 is 2.23 bits per heavy atom. The summed E-state index contributed by atoms with van der Waals surface area (Å²) in [5, 5.41) is 6.29. The minimum Gasteiger partial charge on any atom is -0.385 e. The Labute approximate surface area is 133 Å². The van der Waals surface area contributed by atoms with E-state index < -0.39 is 0 Å². The smallest absolute Gasteiger partial charge is 0.269 e. The zero-order valence-electron chi connectivity index (χ0n) is 13.5. The number of carbonyl (C=O) groups excluding carboxylic acids is 1. The van der Waals surface area contributed by atoms with E-state index in [4.69, 9.17) is 0 Å². The van der Waals surface area contributed by atoms with E-state index in [-0.39, 0.29) is 5.91 Å². The van der Waals surface area contributed by atoms with Gasteiger partial charge in [-0.25, -0.2) is 0 Å². The van der Waals surface area contributed by atoms with Gasteiger partial charge in [0.05, 0.1) is 0 Å². The third-order valence-corrected chi connectivity index (χ3v) is 3.97. The lowest BCUT2D eigenvalue weighted by Gasteiger charge is -2.13. The number of hydrogen-bond acceptors (Lipinski definition) is 3. The molecule has 0 aliphatic heterocycles. The van der Waals surface area contributed by atoms with E-state index >= 15 is 0 Å². The number of aromatic nitrogens is 1. The van der Waals surface area contributed by atoms with Crippen LogP contribution in [-0.4, -0.2) is 24.0 Å². The predicted octanol–water partition coefficient (Wildman–Crippen LogP) is 3.91. The summed E-state index contributed by atoms with van der Waals surface area (Å²) in [5.41, 5.74) is 2.93. The van der Waals surface area contributed by atoms with Gasteiger partial charge in [0.1, 0.15) is 5.69 Å². The monoisotopic (exact) mass is 301 g/mol. The Morgan fingerprint density at radius 3 is 3.00 bits per heavy atom. The molecular formula is C18H27N3O. The fraction of sp³-hybridized carbons (Fsp3) is 0.556. The summed E-state index contributed by atoms with van der Waals surface area (Å²) < 4.78 is 0. The maximum Gasteiger partial charge on any atom is 0.269 e. The number of amides is 1. The zero-order chi connectivity index (χ0) is 15.6. The molecule has 22 heavy (non-hydrogen) atoms. The number of allylic oxidation sites excluding steroid dienone is 1. The molecule has 0 saturated heterocycles. The first kappa shape index (κ1) is 16.5. The molecule has 120 valence electrons. The summed E-state index contributed by atoms with van der Waals surface area (Å²) in [7, 11) is 0. The highest BCUT2D eigenvalue weighted by molar-refractivity contribution is 5.93. The lowest BCUT2D eigenvalue weighted by Crippen LogP contribution is -2.25. The van der Waals surface area contributed by atoms with Crippen molar-refractivity contribution in [2.75, 3.05) is 18.4 Å². The summed E-state index contributed by atoms with van der Waals surface area (Å²) in [6, 6.07) is 3.73. The van der Waals surface area contributed by atoms with Crippen LogP contribution in [0.4, 0.5) is 5.69 Å². The van der Waals surface area contributed by atoms with Crippen molar-refractivity contribution in [3.63, 3.8) is 0 Å². The molecule has 0 atom stereocenters. The molecule has 0 aromatic carbocycles. The maximum atomic E-state index is 12.1. The molecule has 0 saturated carbocycles. The normalized spacial score (nSPS) is 14.3. The second kappa shape index (κ2) is 9.23. The first-order chi connectivity index (χ1) is 10.8. The third kappa shape index (κ3) is 5.51. The predicted molar refractivity (Wildman–Crippen MR) is 91.1 cm³/mol. The fourth-order valence-electron chi connectivity index (χ4n) is 2.63. The molecule has 1 aromatic heterocycles. The third-order valence-electron chi connectivity index (χ3n) is 3.97. The van der Waals surface area contributed by atoms with Gasteiger partial charge < -0.3 is 10.6 Å². The second-order valence-electron chi connectivity index (χ2n) is 5.82. The quantitative estimate of drug-likeness (QED) is 0.565. The van der Waals surface area contributed by atoms with E-state index in [2.05, 4.69) is 28.6 Å². The van der Waals surface area contributed by atoms with Crippen LogP contribution in [-0.2, 0) is 0 Å². The van der Waals surface area contributed by atoms with Crippen molar-refractivity contribution in [2.45, 2.75) is 51.9 Å². The molecule has 1 aliphatic rings. The van der Waals surface area contributed by atoms with E-state index in [0.717, 1.165) is 31.5 Å². The number of pyridine rings is 1. The number of unbranched alkanes of at least 4 members (excludes halogenated alkanes) is 1. The second-order valence-corrected chi connectivity index (χ2v) is 5.82. The summed E-state index contributed by atoms with van der Waals surface area (Å²) in [4.78, 5) is 16.3. The minimum atomic E-state index is -0.0875. The molecule has 1 aliphatic carbocycles.